The number of carbonyl (C=O) groups excluding carboxylic acids is 2. The molecule has 118 valence electrons. The number of nitrogens with zero attached hydrogens (tertiary/aromatic N) is 5. The lowest BCUT2D eigenvalue weighted by molar-refractivity contribution is 0.0816. The maximum absolute atomic E-state index is 12.3. The molecule has 0 radical (unpaired) electrons. The lowest BCUT2D eigenvalue weighted by Crippen LogP contribution is -2.26. The molecule has 2 amide bonds. The van der Waals surface area contributed by atoms with Crippen molar-refractivity contribution in [1.29, 1.82) is 0 Å². The van der Waals surface area contributed by atoms with Gasteiger partial charge in [-0.05, 0) is 19.9 Å². The smallest absolute Gasteiger partial charge is 0.276 e. The summed E-state index contributed by atoms with van der Waals surface area (Å²) in [5.74, 6) is -0.584. The van der Waals surface area contributed by atoms with E-state index < -0.39 is 0 Å². The van der Waals surface area contributed by atoms with Gasteiger partial charge in [-0.2, -0.15) is 10.2 Å². The summed E-state index contributed by atoms with van der Waals surface area (Å²) in [6.07, 6.45) is 1.48. The van der Waals surface area contributed by atoms with Gasteiger partial charge in [0.2, 0.25) is 0 Å². The van der Waals surface area contributed by atoms with Crippen molar-refractivity contribution in [2.75, 3.05) is 19.4 Å². The third-order valence-electron chi connectivity index (χ3n) is 3.34. The number of aromatic nitrogens is 4. The van der Waals surface area contributed by atoms with Crippen molar-refractivity contribution in [3.8, 4) is 0 Å². The summed E-state index contributed by atoms with van der Waals surface area (Å²) in [5.41, 5.74) is 1.91. The Hall–Kier alpha value is -2.64. The molecule has 0 unspecified atom stereocenters. The fraction of sp³-hybridized carbons (Fsp3) is 0.429. The molecule has 0 bridgehead atoms. The zero-order valence-corrected chi connectivity index (χ0v) is 13.4. The van der Waals surface area contributed by atoms with E-state index in [-0.39, 0.29) is 11.8 Å². The van der Waals surface area contributed by atoms with E-state index in [0.717, 1.165) is 5.69 Å². The van der Waals surface area contributed by atoms with Crippen LogP contribution in [0.4, 0.5) is 5.69 Å². The molecular formula is C14H20N6O2. The van der Waals surface area contributed by atoms with Gasteiger partial charge in [0.25, 0.3) is 11.8 Å². The molecule has 0 saturated carbocycles. The molecule has 0 spiro atoms. The average molecular weight is 304 g/mol. The SMILES string of the molecule is CCn1ncc(NC(=O)c2cc(C)n(C)n2)c1C(=O)N(C)C. The van der Waals surface area contributed by atoms with Crippen LogP contribution in [-0.2, 0) is 13.6 Å². The Labute approximate surface area is 128 Å². The lowest BCUT2D eigenvalue weighted by atomic mass is 10.3. The van der Waals surface area contributed by atoms with E-state index in [2.05, 4.69) is 15.5 Å². The molecule has 8 nitrogen and oxygen atoms in total. The van der Waals surface area contributed by atoms with Crippen LogP contribution in [0.15, 0.2) is 12.3 Å². The van der Waals surface area contributed by atoms with Crippen molar-refractivity contribution < 1.29 is 9.59 Å². The monoisotopic (exact) mass is 304 g/mol. The Bertz CT molecular complexity index is 693. The first kappa shape index (κ1) is 15.7. The molecule has 1 N–H and O–H groups in total. The van der Waals surface area contributed by atoms with E-state index in [9.17, 15) is 9.59 Å². The van der Waals surface area contributed by atoms with Crippen molar-refractivity contribution in [2.45, 2.75) is 20.4 Å². The van der Waals surface area contributed by atoms with Gasteiger partial charge in [-0.25, -0.2) is 0 Å². The predicted octanol–water partition coefficient (Wildman–Crippen LogP) is 0.899. The minimum atomic E-state index is -0.368. The first-order valence-electron chi connectivity index (χ1n) is 6.94. The quantitative estimate of drug-likeness (QED) is 0.909. The van der Waals surface area contributed by atoms with E-state index in [1.54, 1.807) is 36.6 Å². The molecule has 0 atom stereocenters. The van der Waals surface area contributed by atoms with Gasteiger partial charge in [0.15, 0.2) is 5.69 Å². The van der Waals surface area contributed by atoms with E-state index in [1.165, 1.54) is 11.1 Å². The highest BCUT2D eigenvalue weighted by molar-refractivity contribution is 6.07. The standard InChI is InChI=1S/C14H20N6O2/c1-6-20-12(14(22)18(3)4)11(8-15-20)16-13(21)10-7-9(2)19(5)17-10/h7-8H,6H2,1-5H3,(H,16,21). The second-order valence-corrected chi connectivity index (χ2v) is 5.17. The number of anilines is 1. The number of nitrogens with one attached hydrogen (secondary N) is 1. The van der Waals surface area contributed by atoms with Crippen molar-refractivity contribution >= 4 is 17.5 Å². The van der Waals surface area contributed by atoms with Crippen LogP contribution in [0.25, 0.3) is 0 Å². The maximum Gasteiger partial charge on any atom is 0.276 e. The van der Waals surface area contributed by atoms with E-state index in [4.69, 9.17) is 0 Å². The summed E-state index contributed by atoms with van der Waals surface area (Å²) in [5, 5.41) is 11.0. The molecule has 0 aliphatic carbocycles. The van der Waals surface area contributed by atoms with E-state index in [0.29, 0.717) is 23.6 Å². The third kappa shape index (κ3) is 2.85. The Morgan fingerprint density at radius 3 is 2.55 bits per heavy atom. The molecule has 2 aromatic rings. The number of hydrogen-bond donors (Lipinski definition) is 1. The molecule has 0 aliphatic rings. The van der Waals surface area contributed by atoms with Crippen LogP contribution in [-0.4, -0.2) is 50.4 Å². The van der Waals surface area contributed by atoms with Crippen LogP contribution >= 0.6 is 0 Å². The predicted molar refractivity (Wildman–Crippen MR) is 81.8 cm³/mol. The molecule has 8 heteroatoms. The van der Waals surface area contributed by atoms with Crippen LogP contribution in [0.3, 0.4) is 0 Å². The summed E-state index contributed by atoms with van der Waals surface area (Å²) in [6, 6.07) is 1.69. The van der Waals surface area contributed by atoms with Crippen LogP contribution in [0, 0.1) is 6.92 Å². The summed E-state index contributed by atoms with van der Waals surface area (Å²) < 4.78 is 3.18. The molecule has 0 aliphatic heterocycles. The number of amides is 2. The second-order valence-electron chi connectivity index (χ2n) is 5.17. The van der Waals surface area contributed by atoms with E-state index >= 15 is 0 Å². The molecule has 2 aromatic heterocycles. The van der Waals surface area contributed by atoms with Gasteiger partial charge in [0, 0.05) is 33.4 Å². The van der Waals surface area contributed by atoms with Crippen molar-refractivity contribution in [2.24, 2.45) is 7.05 Å². The number of rotatable bonds is 4. The second kappa shape index (κ2) is 6.00. The third-order valence-corrected chi connectivity index (χ3v) is 3.34. The van der Waals surface area contributed by atoms with Gasteiger partial charge in [-0.15, -0.1) is 0 Å². The van der Waals surface area contributed by atoms with Gasteiger partial charge in [-0.1, -0.05) is 0 Å². The summed E-state index contributed by atoms with van der Waals surface area (Å²) in [4.78, 5) is 26.0. The molecule has 2 rings (SSSR count). The summed E-state index contributed by atoms with van der Waals surface area (Å²) >= 11 is 0. The van der Waals surface area contributed by atoms with Crippen LogP contribution in [0.2, 0.25) is 0 Å². The first-order valence-corrected chi connectivity index (χ1v) is 6.94. The van der Waals surface area contributed by atoms with E-state index in [1.807, 2.05) is 13.8 Å². The highest BCUT2D eigenvalue weighted by Crippen LogP contribution is 2.18. The minimum absolute atomic E-state index is 0.216. The highest BCUT2D eigenvalue weighted by Gasteiger charge is 2.22. The number of hydrogen-bond acceptors (Lipinski definition) is 4. The summed E-state index contributed by atoms with van der Waals surface area (Å²) in [7, 11) is 5.08. The molecular weight excluding hydrogens is 284 g/mol. The van der Waals surface area contributed by atoms with Gasteiger partial charge >= 0.3 is 0 Å². The van der Waals surface area contributed by atoms with Crippen molar-refractivity contribution in [1.82, 2.24) is 24.5 Å². The summed E-state index contributed by atoms with van der Waals surface area (Å²) in [6.45, 7) is 4.28. The normalized spacial score (nSPS) is 10.6. The maximum atomic E-state index is 12.3. The van der Waals surface area contributed by atoms with Crippen LogP contribution < -0.4 is 5.32 Å². The first-order chi connectivity index (χ1) is 10.3. The average Bonchev–Trinajstić information content (AvgIpc) is 3.02. The van der Waals surface area contributed by atoms with Crippen LogP contribution in [0.1, 0.15) is 33.6 Å². The molecule has 22 heavy (non-hydrogen) atoms. The Morgan fingerprint density at radius 1 is 1.36 bits per heavy atom. The van der Waals surface area contributed by atoms with Crippen molar-refractivity contribution in [3.63, 3.8) is 0 Å². The van der Waals surface area contributed by atoms with Gasteiger partial charge < -0.3 is 10.2 Å². The molecule has 0 saturated heterocycles. The Balaban J connectivity index is 2.31. The van der Waals surface area contributed by atoms with Gasteiger partial charge in [0.1, 0.15) is 5.69 Å². The molecule has 0 fully saturated rings. The zero-order chi connectivity index (χ0) is 16.4. The number of carbonyl (C=O) groups is 2. The Kier molecular flexibility index (Phi) is 4.30. The molecule has 0 aromatic carbocycles. The van der Waals surface area contributed by atoms with Crippen LogP contribution in [0.5, 0.6) is 0 Å². The number of aryl methyl sites for hydroxylation is 3. The topological polar surface area (TPSA) is 85.0 Å². The van der Waals surface area contributed by atoms with Gasteiger partial charge in [-0.3, -0.25) is 19.0 Å². The molecule has 2 heterocycles. The highest BCUT2D eigenvalue weighted by atomic mass is 16.2. The van der Waals surface area contributed by atoms with Crippen molar-refractivity contribution in [3.05, 3.63) is 29.3 Å². The zero-order valence-electron chi connectivity index (χ0n) is 13.4. The fourth-order valence-electron chi connectivity index (χ4n) is 2.01. The largest absolute Gasteiger partial charge is 0.343 e. The minimum Gasteiger partial charge on any atom is -0.343 e. The van der Waals surface area contributed by atoms with Gasteiger partial charge in [0.05, 0.1) is 11.9 Å². The lowest BCUT2D eigenvalue weighted by Gasteiger charge is -2.13. The fourth-order valence-corrected chi connectivity index (χ4v) is 2.01. The Morgan fingerprint density at radius 2 is 2.05 bits per heavy atom.